The monoisotopic (exact) mass is 413 g/mol. The molecule has 4 rings (SSSR count). The fraction of sp³-hybridized carbons (Fsp3) is 0.211. The first-order chi connectivity index (χ1) is 14.2. The minimum atomic E-state index is -0.121. The van der Waals surface area contributed by atoms with Gasteiger partial charge in [-0.15, -0.1) is 10.2 Å². The third-order valence-electron chi connectivity index (χ3n) is 4.23. The van der Waals surface area contributed by atoms with Gasteiger partial charge in [0.2, 0.25) is 17.9 Å². The Morgan fingerprint density at radius 1 is 1.24 bits per heavy atom. The lowest BCUT2D eigenvalue weighted by Crippen LogP contribution is -2.14. The van der Waals surface area contributed by atoms with Crippen molar-refractivity contribution in [2.75, 3.05) is 30.8 Å². The summed E-state index contributed by atoms with van der Waals surface area (Å²) in [6.45, 7) is 0.194. The Morgan fingerprint density at radius 2 is 2.07 bits per heavy atom. The molecule has 0 fully saturated rings. The fourth-order valence-corrected chi connectivity index (χ4v) is 3.62. The number of para-hydroxylation sites is 1. The number of ether oxygens (including phenoxy) is 3. The molecule has 0 radical (unpaired) electrons. The standard InChI is InChI=1S/C19H19N5O4S/c1-26-14-5-3-2-4-13(14)18-22-23-19(24(18)20)29-9-8-17(25)21-12-6-7-15-16(10-12)28-11-27-15/h2-7,10H,8-9,11,20H2,1H3,(H,21,25). The van der Waals surface area contributed by atoms with Crippen LogP contribution in [0, 0.1) is 0 Å². The summed E-state index contributed by atoms with van der Waals surface area (Å²) >= 11 is 1.35. The Hall–Kier alpha value is -3.40. The Morgan fingerprint density at radius 3 is 2.93 bits per heavy atom. The highest BCUT2D eigenvalue weighted by atomic mass is 32.2. The first-order valence-corrected chi connectivity index (χ1v) is 9.80. The Labute approximate surface area is 171 Å². The molecule has 2 aromatic carbocycles. The van der Waals surface area contributed by atoms with E-state index in [0.29, 0.717) is 39.7 Å². The smallest absolute Gasteiger partial charge is 0.231 e. The third-order valence-corrected chi connectivity index (χ3v) is 5.17. The molecule has 0 atom stereocenters. The van der Waals surface area contributed by atoms with Crippen molar-refractivity contribution in [3.05, 3.63) is 42.5 Å². The lowest BCUT2D eigenvalue weighted by molar-refractivity contribution is -0.115. The number of hydrogen-bond acceptors (Lipinski definition) is 8. The number of nitrogens with zero attached hydrogens (tertiary/aromatic N) is 3. The number of benzene rings is 2. The molecule has 2 heterocycles. The van der Waals surface area contributed by atoms with Crippen molar-refractivity contribution < 1.29 is 19.0 Å². The predicted molar refractivity (Wildman–Crippen MR) is 109 cm³/mol. The molecule has 10 heteroatoms. The molecule has 3 aromatic rings. The highest BCUT2D eigenvalue weighted by Crippen LogP contribution is 2.34. The predicted octanol–water partition coefficient (Wildman–Crippen LogP) is 2.52. The van der Waals surface area contributed by atoms with Gasteiger partial charge in [0.15, 0.2) is 17.3 Å². The van der Waals surface area contributed by atoms with Gasteiger partial charge in [-0.05, 0) is 24.3 Å². The second kappa shape index (κ2) is 8.31. The number of nitrogens with two attached hydrogens (primary N) is 1. The van der Waals surface area contributed by atoms with E-state index in [1.165, 1.54) is 16.4 Å². The number of hydrogen-bond donors (Lipinski definition) is 2. The minimum absolute atomic E-state index is 0.121. The number of fused-ring (bicyclic) bond motifs is 1. The second-order valence-electron chi connectivity index (χ2n) is 6.09. The Balaban J connectivity index is 1.34. The summed E-state index contributed by atoms with van der Waals surface area (Å²) in [5.41, 5.74) is 1.40. The van der Waals surface area contributed by atoms with E-state index in [4.69, 9.17) is 20.1 Å². The van der Waals surface area contributed by atoms with Gasteiger partial charge in [-0.3, -0.25) is 4.79 Å². The number of amides is 1. The SMILES string of the molecule is COc1ccccc1-c1nnc(SCCC(=O)Nc2ccc3c(c2)OCO3)n1N. The summed E-state index contributed by atoms with van der Waals surface area (Å²) in [4.78, 5) is 12.2. The minimum Gasteiger partial charge on any atom is -0.496 e. The molecule has 0 bridgehead atoms. The van der Waals surface area contributed by atoms with Crippen LogP contribution in [0.1, 0.15) is 6.42 Å². The topological polar surface area (TPSA) is 114 Å². The first kappa shape index (κ1) is 18.9. The number of rotatable bonds is 7. The van der Waals surface area contributed by atoms with Crippen LogP contribution >= 0.6 is 11.8 Å². The number of anilines is 1. The van der Waals surface area contributed by atoms with Crippen LogP contribution in [0.3, 0.4) is 0 Å². The van der Waals surface area contributed by atoms with Gasteiger partial charge < -0.3 is 25.4 Å². The van der Waals surface area contributed by atoms with Gasteiger partial charge in [0.1, 0.15) is 5.75 Å². The summed E-state index contributed by atoms with van der Waals surface area (Å²) in [6, 6.07) is 12.7. The fourth-order valence-electron chi connectivity index (χ4n) is 2.82. The van der Waals surface area contributed by atoms with Crippen molar-refractivity contribution in [3.8, 4) is 28.6 Å². The van der Waals surface area contributed by atoms with Gasteiger partial charge in [-0.1, -0.05) is 23.9 Å². The van der Waals surface area contributed by atoms with Gasteiger partial charge in [-0.2, -0.15) is 0 Å². The van der Waals surface area contributed by atoms with Gasteiger partial charge >= 0.3 is 0 Å². The summed E-state index contributed by atoms with van der Waals surface area (Å²) in [7, 11) is 1.59. The van der Waals surface area contributed by atoms with E-state index in [1.54, 1.807) is 25.3 Å². The van der Waals surface area contributed by atoms with Crippen molar-refractivity contribution in [2.24, 2.45) is 0 Å². The lowest BCUT2D eigenvalue weighted by atomic mass is 10.2. The molecule has 9 nitrogen and oxygen atoms in total. The average Bonchev–Trinajstić information content (AvgIpc) is 3.34. The molecule has 1 aliphatic rings. The molecule has 0 unspecified atom stereocenters. The zero-order valence-corrected chi connectivity index (χ0v) is 16.4. The highest BCUT2D eigenvalue weighted by molar-refractivity contribution is 7.99. The molecule has 0 aliphatic carbocycles. The number of aromatic nitrogens is 3. The second-order valence-corrected chi connectivity index (χ2v) is 7.15. The van der Waals surface area contributed by atoms with Crippen LogP contribution in [-0.4, -0.2) is 40.4 Å². The molecule has 29 heavy (non-hydrogen) atoms. The van der Waals surface area contributed by atoms with Crippen LogP contribution in [-0.2, 0) is 4.79 Å². The van der Waals surface area contributed by atoms with E-state index < -0.39 is 0 Å². The first-order valence-electron chi connectivity index (χ1n) is 8.82. The van der Waals surface area contributed by atoms with Gasteiger partial charge in [-0.25, -0.2) is 4.68 Å². The number of methoxy groups -OCH3 is 1. The van der Waals surface area contributed by atoms with Gasteiger partial charge in [0.05, 0.1) is 12.7 Å². The largest absolute Gasteiger partial charge is 0.496 e. The van der Waals surface area contributed by atoms with E-state index in [0.717, 1.165) is 5.56 Å². The van der Waals surface area contributed by atoms with Gasteiger partial charge in [0.25, 0.3) is 0 Å². The molecule has 3 N–H and O–H groups in total. The molecule has 150 valence electrons. The number of nitrogens with one attached hydrogen (secondary N) is 1. The molecular weight excluding hydrogens is 394 g/mol. The maximum atomic E-state index is 12.2. The summed E-state index contributed by atoms with van der Waals surface area (Å²) in [5.74, 6) is 8.97. The van der Waals surface area contributed by atoms with Crippen molar-refractivity contribution >= 4 is 23.4 Å². The summed E-state index contributed by atoms with van der Waals surface area (Å²) in [6.07, 6.45) is 0.288. The summed E-state index contributed by atoms with van der Waals surface area (Å²) < 4.78 is 17.3. The Kier molecular flexibility index (Phi) is 5.43. The maximum Gasteiger partial charge on any atom is 0.231 e. The maximum absolute atomic E-state index is 12.2. The number of nitrogen functional groups attached to an aromatic ring is 1. The van der Waals surface area contributed by atoms with Crippen molar-refractivity contribution in [3.63, 3.8) is 0 Å². The normalized spacial score (nSPS) is 12.0. The average molecular weight is 413 g/mol. The third kappa shape index (κ3) is 4.06. The van der Waals surface area contributed by atoms with Crippen molar-refractivity contribution in [2.45, 2.75) is 11.6 Å². The van der Waals surface area contributed by atoms with Gasteiger partial charge in [0, 0.05) is 23.9 Å². The molecular formula is C19H19N5O4S. The lowest BCUT2D eigenvalue weighted by Gasteiger charge is -2.08. The van der Waals surface area contributed by atoms with E-state index in [9.17, 15) is 4.79 Å². The van der Waals surface area contributed by atoms with Crippen LogP contribution < -0.4 is 25.4 Å². The molecule has 0 saturated carbocycles. The quantitative estimate of drug-likeness (QED) is 0.449. The van der Waals surface area contributed by atoms with Crippen LogP contribution in [0.4, 0.5) is 5.69 Å². The van der Waals surface area contributed by atoms with E-state index >= 15 is 0 Å². The van der Waals surface area contributed by atoms with Crippen LogP contribution in [0.5, 0.6) is 17.2 Å². The zero-order valence-electron chi connectivity index (χ0n) is 15.6. The van der Waals surface area contributed by atoms with E-state index in [1.807, 2.05) is 24.3 Å². The molecule has 1 amide bonds. The zero-order chi connectivity index (χ0) is 20.2. The van der Waals surface area contributed by atoms with Crippen LogP contribution in [0.15, 0.2) is 47.6 Å². The van der Waals surface area contributed by atoms with Crippen LogP contribution in [0.2, 0.25) is 0 Å². The van der Waals surface area contributed by atoms with E-state index in [-0.39, 0.29) is 19.1 Å². The van der Waals surface area contributed by atoms with Crippen molar-refractivity contribution in [1.29, 1.82) is 0 Å². The van der Waals surface area contributed by atoms with Crippen molar-refractivity contribution in [1.82, 2.24) is 14.9 Å². The Bertz CT molecular complexity index is 1040. The number of thioether (sulfide) groups is 1. The summed E-state index contributed by atoms with van der Waals surface area (Å²) in [5, 5.41) is 11.6. The van der Waals surface area contributed by atoms with E-state index in [2.05, 4.69) is 15.5 Å². The molecule has 1 aliphatic heterocycles. The molecule has 0 saturated heterocycles. The molecule has 0 spiro atoms. The number of carbonyl (C=O) groups is 1. The highest BCUT2D eigenvalue weighted by Gasteiger charge is 2.17. The number of carbonyl (C=O) groups excluding carboxylic acids is 1. The van der Waals surface area contributed by atoms with Crippen LogP contribution in [0.25, 0.3) is 11.4 Å². The molecule has 1 aromatic heterocycles.